The summed E-state index contributed by atoms with van der Waals surface area (Å²) in [6.45, 7) is 5.68. The lowest BCUT2D eigenvalue weighted by Crippen LogP contribution is -2.21. The largest absolute Gasteiger partial charge is 0.490 e. The Morgan fingerprint density at radius 3 is 2.24 bits per heavy atom. The number of carbonyl (C=O) groups excluding carboxylic acids is 1. The molecular formula is C32H45ClN2O2S. The Labute approximate surface area is 239 Å². The van der Waals surface area contributed by atoms with Crippen LogP contribution in [-0.4, -0.2) is 23.3 Å². The van der Waals surface area contributed by atoms with E-state index in [-0.39, 0.29) is 5.91 Å². The number of anilines is 1. The van der Waals surface area contributed by atoms with Crippen molar-refractivity contribution in [1.82, 2.24) is 4.90 Å². The average molecular weight is 557 g/mol. The predicted molar refractivity (Wildman–Crippen MR) is 164 cm³/mol. The van der Waals surface area contributed by atoms with E-state index in [2.05, 4.69) is 29.5 Å². The summed E-state index contributed by atoms with van der Waals surface area (Å²) in [6, 6.07) is 13.3. The summed E-state index contributed by atoms with van der Waals surface area (Å²) in [5, 5.41) is 5.73. The fourth-order valence-electron chi connectivity index (χ4n) is 4.74. The minimum absolute atomic E-state index is 0.147. The molecular weight excluding hydrogens is 512 g/mol. The van der Waals surface area contributed by atoms with Gasteiger partial charge in [0.1, 0.15) is 0 Å². The van der Waals surface area contributed by atoms with Gasteiger partial charge in [0, 0.05) is 17.8 Å². The molecule has 1 heterocycles. The van der Waals surface area contributed by atoms with E-state index in [1.54, 1.807) is 11.8 Å². The van der Waals surface area contributed by atoms with E-state index in [9.17, 15) is 4.79 Å². The zero-order valence-electron chi connectivity index (χ0n) is 23.3. The molecule has 1 aliphatic rings. The molecule has 6 heteroatoms. The van der Waals surface area contributed by atoms with Crippen molar-refractivity contribution in [2.24, 2.45) is 0 Å². The fourth-order valence-corrected chi connectivity index (χ4v) is 5.91. The molecule has 0 saturated carbocycles. The number of thioether (sulfide) groups is 1. The van der Waals surface area contributed by atoms with Crippen LogP contribution in [0.3, 0.4) is 0 Å². The lowest BCUT2D eigenvalue weighted by atomic mass is 10.1. The van der Waals surface area contributed by atoms with E-state index in [0.717, 1.165) is 24.3 Å². The number of para-hydroxylation sites is 1. The zero-order chi connectivity index (χ0) is 27.0. The lowest BCUT2D eigenvalue weighted by molar-refractivity contribution is 0.102. The van der Waals surface area contributed by atoms with Gasteiger partial charge in [0.05, 0.1) is 23.2 Å². The number of allylic oxidation sites excluding steroid dienone is 1. The molecule has 1 N–H and O–H groups in total. The summed E-state index contributed by atoms with van der Waals surface area (Å²) in [5.41, 5.74) is 3.52. The van der Waals surface area contributed by atoms with Gasteiger partial charge >= 0.3 is 0 Å². The van der Waals surface area contributed by atoms with E-state index >= 15 is 0 Å². The fraction of sp³-hybridized carbons (Fsp3) is 0.531. The molecule has 0 aromatic heterocycles. The van der Waals surface area contributed by atoms with Gasteiger partial charge in [0.2, 0.25) is 0 Å². The first-order chi connectivity index (χ1) is 18.6. The van der Waals surface area contributed by atoms with Crippen molar-refractivity contribution in [3.63, 3.8) is 0 Å². The molecule has 0 fully saturated rings. The molecule has 0 unspecified atom stereocenters. The third-order valence-corrected chi connectivity index (χ3v) is 8.33. The first kappa shape index (κ1) is 30.4. The number of hydrogen-bond donors (Lipinski definition) is 1. The van der Waals surface area contributed by atoms with Crippen LogP contribution in [0.1, 0.15) is 107 Å². The maximum atomic E-state index is 13.3. The lowest BCUT2D eigenvalue weighted by Gasteiger charge is -2.21. The van der Waals surface area contributed by atoms with Gasteiger partial charge in [0.25, 0.3) is 5.91 Å². The van der Waals surface area contributed by atoms with E-state index < -0.39 is 0 Å². The number of rotatable bonds is 18. The van der Waals surface area contributed by atoms with Gasteiger partial charge in [-0.25, -0.2) is 0 Å². The molecule has 3 rings (SSSR count). The maximum Gasteiger partial charge on any atom is 0.256 e. The topological polar surface area (TPSA) is 41.6 Å². The van der Waals surface area contributed by atoms with Gasteiger partial charge in [-0.05, 0) is 42.5 Å². The zero-order valence-corrected chi connectivity index (χ0v) is 24.8. The Kier molecular flexibility index (Phi) is 14.0. The van der Waals surface area contributed by atoms with Crippen molar-refractivity contribution in [2.75, 3.05) is 17.8 Å². The molecule has 4 nitrogen and oxygen atoms in total. The maximum absolute atomic E-state index is 13.3. The van der Waals surface area contributed by atoms with E-state index in [4.69, 9.17) is 16.3 Å². The first-order valence-corrected chi connectivity index (χ1v) is 15.9. The van der Waals surface area contributed by atoms with Gasteiger partial charge in [-0.2, -0.15) is 0 Å². The van der Waals surface area contributed by atoms with Crippen molar-refractivity contribution in [2.45, 2.75) is 97.4 Å². The van der Waals surface area contributed by atoms with Crippen LogP contribution in [0.4, 0.5) is 5.69 Å². The molecule has 1 aliphatic heterocycles. The van der Waals surface area contributed by atoms with E-state index in [1.807, 2.05) is 42.5 Å². The molecule has 2 aromatic rings. The van der Waals surface area contributed by atoms with Gasteiger partial charge in [-0.3, -0.25) is 4.79 Å². The normalized spacial score (nSPS) is 13.0. The second-order valence-electron chi connectivity index (χ2n) is 10.2. The number of carbonyl (C=O) groups is 1. The van der Waals surface area contributed by atoms with Crippen molar-refractivity contribution >= 4 is 35.0 Å². The summed E-state index contributed by atoms with van der Waals surface area (Å²) in [6.07, 6.45) is 15.7. The molecule has 208 valence electrons. The SMILES string of the molecule is CCCCCCCCCCCCCCOc1c(Cl)cccc1NC(=O)c1ccccc1CN1CSC=C1C. The van der Waals surface area contributed by atoms with Gasteiger partial charge in [-0.15, -0.1) is 11.8 Å². The molecule has 38 heavy (non-hydrogen) atoms. The Morgan fingerprint density at radius 1 is 0.921 bits per heavy atom. The number of nitrogens with one attached hydrogen (secondary N) is 1. The standard InChI is InChI=1S/C32H45ClN2O2S/c1-3-4-5-6-7-8-9-10-11-12-13-16-22-37-31-29(33)20-17-21-30(31)34-32(36)28-19-15-14-18-27(28)23-35-25-38-24-26(35)2/h14-15,17-21,24H,3-13,16,22-23,25H2,1-2H3,(H,34,36). The Balaban J connectivity index is 1.42. The Morgan fingerprint density at radius 2 is 1.58 bits per heavy atom. The number of unbranched alkanes of at least 4 members (excludes halogenated alkanes) is 11. The highest BCUT2D eigenvalue weighted by Crippen LogP contribution is 2.34. The molecule has 0 spiro atoms. The molecule has 0 bridgehead atoms. The van der Waals surface area contributed by atoms with Crippen LogP contribution in [0.25, 0.3) is 0 Å². The third kappa shape index (κ3) is 10.2. The highest BCUT2D eigenvalue weighted by molar-refractivity contribution is 8.02. The van der Waals surface area contributed by atoms with Crippen LogP contribution < -0.4 is 10.1 Å². The molecule has 0 aliphatic carbocycles. The number of halogens is 1. The molecule has 1 amide bonds. The number of benzene rings is 2. The molecule has 0 atom stereocenters. The van der Waals surface area contributed by atoms with Crippen LogP contribution in [0, 0.1) is 0 Å². The van der Waals surface area contributed by atoms with Crippen LogP contribution in [-0.2, 0) is 6.54 Å². The van der Waals surface area contributed by atoms with Crippen molar-refractivity contribution < 1.29 is 9.53 Å². The van der Waals surface area contributed by atoms with Crippen molar-refractivity contribution in [3.8, 4) is 5.75 Å². The highest BCUT2D eigenvalue weighted by Gasteiger charge is 2.18. The number of hydrogen-bond acceptors (Lipinski definition) is 4. The average Bonchev–Trinajstić information content (AvgIpc) is 3.32. The van der Waals surface area contributed by atoms with Crippen LogP contribution >= 0.6 is 23.4 Å². The molecule has 0 saturated heterocycles. The molecule has 0 radical (unpaired) electrons. The van der Waals surface area contributed by atoms with Crippen LogP contribution in [0.2, 0.25) is 5.02 Å². The number of nitrogens with zero attached hydrogens (tertiary/aromatic N) is 1. The number of ether oxygens (including phenoxy) is 1. The minimum Gasteiger partial charge on any atom is -0.490 e. The summed E-state index contributed by atoms with van der Waals surface area (Å²) in [5.74, 6) is 1.32. The highest BCUT2D eigenvalue weighted by atomic mass is 35.5. The van der Waals surface area contributed by atoms with Crippen LogP contribution in [0.15, 0.2) is 53.6 Å². The summed E-state index contributed by atoms with van der Waals surface area (Å²) < 4.78 is 6.08. The quantitative estimate of drug-likeness (QED) is 0.185. The van der Waals surface area contributed by atoms with Gasteiger partial charge in [0.15, 0.2) is 5.75 Å². The minimum atomic E-state index is -0.147. The number of amides is 1. The summed E-state index contributed by atoms with van der Waals surface area (Å²) >= 11 is 8.26. The third-order valence-electron chi connectivity index (χ3n) is 7.07. The Bertz CT molecular complexity index is 1030. The predicted octanol–water partition coefficient (Wildman–Crippen LogP) is 10.0. The van der Waals surface area contributed by atoms with Crippen molar-refractivity contribution in [3.05, 3.63) is 69.7 Å². The van der Waals surface area contributed by atoms with E-state index in [1.165, 1.54) is 69.9 Å². The summed E-state index contributed by atoms with van der Waals surface area (Å²) in [7, 11) is 0. The second kappa shape index (κ2) is 17.5. The van der Waals surface area contributed by atoms with Crippen LogP contribution in [0.5, 0.6) is 5.75 Å². The first-order valence-electron chi connectivity index (χ1n) is 14.4. The monoisotopic (exact) mass is 556 g/mol. The second-order valence-corrected chi connectivity index (χ2v) is 11.5. The Hall–Kier alpha value is -2.11. The van der Waals surface area contributed by atoms with E-state index in [0.29, 0.717) is 35.2 Å². The molecule has 2 aromatic carbocycles. The van der Waals surface area contributed by atoms with Gasteiger partial charge < -0.3 is 15.0 Å². The smallest absolute Gasteiger partial charge is 0.256 e. The summed E-state index contributed by atoms with van der Waals surface area (Å²) in [4.78, 5) is 15.6. The van der Waals surface area contributed by atoms with Gasteiger partial charge in [-0.1, -0.05) is 113 Å². The van der Waals surface area contributed by atoms with Crippen molar-refractivity contribution in [1.29, 1.82) is 0 Å².